The summed E-state index contributed by atoms with van der Waals surface area (Å²) in [5.74, 6) is 1.31. The molecule has 1 saturated heterocycles. The summed E-state index contributed by atoms with van der Waals surface area (Å²) in [6, 6.07) is 18.3. The number of carbonyl (C=O) groups excluding carboxylic acids is 1. The van der Waals surface area contributed by atoms with Crippen LogP contribution in [0.5, 0.6) is 23.1 Å². The summed E-state index contributed by atoms with van der Waals surface area (Å²) >= 11 is 5.99. The van der Waals surface area contributed by atoms with Crippen molar-refractivity contribution in [1.82, 2.24) is 14.5 Å². The molecular formula is C36H39ClFN3O5. The molecule has 0 aliphatic carbocycles. The molecule has 2 unspecified atom stereocenters. The largest absolute Gasteiger partial charge is 0.497 e. The molecule has 46 heavy (non-hydrogen) atoms. The summed E-state index contributed by atoms with van der Waals surface area (Å²) in [6.07, 6.45) is 4.15. The van der Waals surface area contributed by atoms with Gasteiger partial charge < -0.3 is 18.9 Å². The second kappa shape index (κ2) is 13.3. The van der Waals surface area contributed by atoms with Crippen molar-refractivity contribution >= 4 is 17.6 Å². The maximum atomic E-state index is 14.9. The van der Waals surface area contributed by atoms with Crippen LogP contribution in [0.2, 0.25) is 5.02 Å². The second-order valence-electron chi connectivity index (χ2n) is 12.2. The highest BCUT2D eigenvalue weighted by atomic mass is 35.5. The lowest BCUT2D eigenvalue weighted by Crippen LogP contribution is -2.34. The third kappa shape index (κ3) is 6.57. The zero-order valence-electron chi connectivity index (χ0n) is 26.6. The van der Waals surface area contributed by atoms with Crippen molar-refractivity contribution in [2.24, 2.45) is 5.92 Å². The summed E-state index contributed by atoms with van der Waals surface area (Å²) < 4.78 is 40.7. The second-order valence-corrected chi connectivity index (χ2v) is 12.6. The third-order valence-corrected chi connectivity index (χ3v) is 9.26. The van der Waals surface area contributed by atoms with Crippen molar-refractivity contribution in [2.75, 3.05) is 20.2 Å². The Labute approximate surface area is 274 Å². The summed E-state index contributed by atoms with van der Waals surface area (Å²) in [6.45, 7) is 8.35. The Bertz CT molecular complexity index is 1720. The highest BCUT2D eigenvalue weighted by Crippen LogP contribution is 2.50. The van der Waals surface area contributed by atoms with Crippen LogP contribution in [0.1, 0.15) is 68.5 Å². The van der Waals surface area contributed by atoms with E-state index in [0.29, 0.717) is 47.5 Å². The minimum absolute atomic E-state index is 0.209. The Morgan fingerprint density at radius 2 is 1.89 bits per heavy atom. The molecular weight excluding hydrogens is 609 g/mol. The molecule has 2 aliphatic rings. The van der Waals surface area contributed by atoms with Gasteiger partial charge in [0.2, 0.25) is 5.88 Å². The normalized spacial score (nSPS) is 18.8. The molecule has 1 aromatic heterocycles. The van der Waals surface area contributed by atoms with E-state index in [1.165, 1.54) is 6.07 Å². The van der Waals surface area contributed by atoms with Gasteiger partial charge in [-0.15, -0.1) is 0 Å². The fourth-order valence-corrected chi connectivity index (χ4v) is 6.29. The number of esters is 1. The van der Waals surface area contributed by atoms with Gasteiger partial charge in [0.15, 0.2) is 11.5 Å². The first-order valence-electron chi connectivity index (χ1n) is 15.7. The van der Waals surface area contributed by atoms with Crippen molar-refractivity contribution in [3.8, 4) is 23.1 Å². The maximum absolute atomic E-state index is 14.9. The number of hydrogen-bond acceptors (Lipinski definition) is 7. The number of nitrogens with zero attached hydrogens (tertiary/aromatic N) is 3. The van der Waals surface area contributed by atoms with E-state index in [1.54, 1.807) is 32.4 Å². The van der Waals surface area contributed by atoms with Crippen molar-refractivity contribution in [2.45, 2.75) is 64.8 Å². The molecule has 4 aromatic rings. The van der Waals surface area contributed by atoms with Gasteiger partial charge in [0.25, 0.3) is 5.79 Å². The highest BCUT2D eigenvalue weighted by Gasteiger charge is 2.43. The van der Waals surface area contributed by atoms with Crippen LogP contribution in [0.25, 0.3) is 0 Å². The lowest BCUT2D eigenvalue weighted by atomic mass is 9.88. The van der Waals surface area contributed by atoms with E-state index >= 15 is 0 Å². The van der Waals surface area contributed by atoms with Gasteiger partial charge in [0.05, 0.1) is 37.9 Å². The minimum atomic E-state index is -1.29. The summed E-state index contributed by atoms with van der Waals surface area (Å²) in [4.78, 5) is 19.8. The predicted molar refractivity (Wildman–Crippen MR) is 173 cm³/mol. The molecule has 0 spiro atoms. The number of methoxy groups -OCH3 is 1. The molecule has 3 aromatic carbocycles. The number of carbonyl (C=O) groups is 1. The van der Waals surface area contributed by atoms with E-state index < -0.39 is 11.6 Å². The fraction of sp³-hybridized carbons (Fsp3) is 0.389. The van der Waals surface area contributed by atoms with Gasteiger partial charge in [-0.05, 0) is 80.2 Å². The smallest absolute Gasteiger partial charge is 0.315 e. The van der Waals surface area contributed by atoms with Gasteiger partial charge in [-0.2, -0.15) is 0 Å². The predicted octanol–water partition coefficient (Wildman–Crippen LogP) is 7.71. The number of fused-ring (bicyclic) bond motifs is 1. The van der Waals surface area contributed by atoms with Crippen molar-refractivity contribution in [3.63, 3.8) is 0 Å². The lowest BCUT2D eigenvalue weighted by molar-refractivity contribution is -0.138. The fourth-order valence-electron chi connectivity index (χ4n) is 6.14. The lowest BCUT2D eigenvalue weighted by Gasteiger charge is -2.32. The summed E-state index contributed by atoms with van der Waals surface area (Å²) in [5, 5.41) is 0.318. The molecule has 0 N–H and O–H groups in total. The molecule has 2 atom stereocenters. The van der Waals surface area contributed by atoms with E-state index in [9.17, 15) is 9.18 Å². The van der Waals surface area contributed by atoms with Crippen molar-refractivity contribution < 1.29 is 28.1 Å². The van der Waals surface area contributed by atoms with E-state index in [4.69, 9.17) is 35.5 Å². The van der Waals surface area contributed by atoms with Crippen LogP contribution in [-0.2, 0) is 23.7 Å². The van der Waals surface area contributed by atoms with Gasteiger partial charge >= 0.3 is 5.97 Å². The van der Waals surface area contributed by atoms with Crippen LogP contribution in [0.4, 0.5) is 4.39 Å². The van der Waals surface area contributed by atoms with Crippen LogP contribution in [-0.4, -0.2) is 40.6 Å². The van der Waals surface area contributed by atoms with Crippen LogP contribution in [0.3, 0.4) is 0 Å². The number of para-hydroxylation sites is 1. The monoisotopic (exact) mass is 647 g/mol. The minimum Gasteiger partial charge on any atom is -0.497 e. The summed E-state index contributed by atoms with van der Waals surface area (Å²) in [7, 11) is 1.64. The summed E-state index contributed by atoms with van der Waals surface area (Å²) in [5.41, 5.74) is 2.38. The zero-order valence-corrected chi connectivity index (χ0v) is 27.4. The molecule has 10 heteroatoms. The Balaban J connectivity index is 1.16. The molecule has 3 heterocycles. The number of ether oxygens (including phenoxy) is 4. The first-order chi connectivity index (χ1) is 22.2. The van der Waals surface area contributed by atoms with Crippen LogP contribution < -0.4 is 18.9 Å². The molecule has 8 nitrogen and oxygen atoms in total. The Morgan fingerprint density at radius 1 is 1.11 bits per heavy atom. The average molecular weight is 648 g/mol. The number of piperidine rings is 1. The number of rotatable bonds is 10. The molecule has 242 valence electrons. The highest BCUT2D eigenvalue weighted by molar-refractivity contribution is 6.30. The molecule has 2 aliphatic heterocycles. The first kappa shape index (κ1) is 31.9. The van der Waals surface area contributed by atoms with Crippen molar-refractivity contribution in [1.29, 1.82) is 0 Å². The Kier molecular flexibility index (Phi) is 9.25. The van der Waals surface area contributed by atoms with E-state index in [2.05, 4.69) is 11.0 Å². The molecule has 0 saturated carbocycles. The van der Waals surface area contributed by atoms with Gasteiger partial charge in [0.1, 0.15) is 17.4 Å². The number of imidazole rings is 1. The third-order valence-electron chi connectivity index (χ3n) is 9.02. The van der Waals surface area contributed by atoms with Gasteiger partial charge in [-0.3, -0.25) is 14.3 Å². The van der Waals surface area contributed by atoms with Crippen LogP contribution >= 0.6 is 11.6 Å². The molecule has 0 amide bonds. The molecule has 1 fully saturated rings. The number of likely N-dealkylation sites (tertiary alicyclic amines) is 1. The standard InChI is InChI=1S/C36H39ClFN3O5/c1-5-23(2)35(42)44-33-20-39-32(41(33)21-24-8-6-9-27(18-24)43-4)22-40-16-14-25(15-17-40)28-10-7-11-31-34(28)46-36(3,45-31)29-13-12-26(37)19-30(29)38/h6-13,18-20,23,25H,5,14-17,21-22H2,1-4H3. The van der Waals surface area contributed by atoms with Crippen molar-refractivity contribution in [3.05, 3.63) is 100 Å². The Morgan fingerprint density at radius 3 is 2.63 bits per heavy atom. The molecule has 6 rings (SSSR count). The number of benzene rings is 3. The zero-order chi connectivity index (χ0) is 32.4. The number of aromatic nitrogens is 2. The molecule has 0 bridgehead atoms. The SMILES string of the molecule is CCC(C)C(=O)Oc1cnc(CN2CCC(c3cccc4c3OC(C)(c3ccc(Cl)cc3F)O4)CC2)n1Cc1cccc(OC)c1. The van der Waals surface area contributed by atoms with Gasteiger partial charge in [-0.25, -0.2) is 9.37 Å². The average Bonchev–Trinajstić information content (AvgIpc) is 3.60. The number of halogens is 2. The topological polar surface area (TPSA) is 75.0 Å². The maximum Gasteiger partial charge on any atom is 0.315 e. The quantitative estimate of drug-likeness (QED) is 0.163. The van der Waals surface area contributed by atoms with E-state index in [0.717, 1.165) is 48.6 Å². The van der Waals surface area contributed by atoms with Crippen LogP contribution in [0, 0.1) is 11.7 Å². The Hall–Kier alpha value is -4.08. The first-order valence-corrected chi connectivity index (χ1v) is 16.1. The van der Waals surface area contributed by atoms with E-state index in [-0.39, 0.29) is 17.8 Å². The van der Waals surface area contributed by atoms with Crippen LogP contribution in [0.15, 0.2) is 66.9 Å². The van der Waals surface area contributed by atoms with E-state index in [1.807, 2.05) is 54.8 Å². The molecule has 0 radical (unpaired) electrons. The van der Waals surface area contributed by atoms with Gasteiger partial charge in [0, 0.05) is 17.5 Å². The van der Waals surface area contributed by atoms with Gasteiger partial charge in [-0.1, -0.05) is 49.7 Å². The number of hydrogen-bond donors (Lipinski definition) is 0.